The van der Waals surface area contributed by atoms with Gasteiger partial charge in [0.1, 0.15) is 11.3 Å². The first-order valence-corrected chi connectivity index (χ1v) is 8.94. The first kappa shape index (κ1) is 15.8. The summed E-state index contributed by atoms with van der Waals surface area (Å²) in [5, 5.41) is 8.01. The summed E-state index contributed by atoms with van der Waals surface area (Å²) in [6.45, 7) is 3.05. The van der Waals surface area contributed by atoms with E-state index < -0.39 is 0 Å². The maximum atomic E-state index is 11.6. The number of rotatable bonds is 2. The van der Waals surface area contributed by atoms with E-state index in [0.29, 0.717) is 17.9 Å². The van der Waals surface area contributed by atoms with Gasteiger partial charge in [-0.15, -0.1) is 0 Å². The number of fused-ring (bicyclic) bond motifs is 3. The topological polar surface area (TPSA) is 117 Å². The predicted octanol–water partition coefficient (Wildman–Crippen LogP) is 2.42. The van der Waals surface area contributed by atoms with Gasteiger partial charge < -0.3 is 15.6 Å². The van der Waals surface area contributed by atoms with E-state index in [0.717, 1.165) is 46.5 Å². The molecule has 0 aliphatic carbocycles. The van der Waals surface area contributed by atoms with Crippen LogP contribution < -0.4 is 5.73 Å². The molecule has 8 heteroatoms. The van der Waals surface area contributed by atoms with E-state index in [1.54, 1.807) is 13.1 Å². The van der Waals surface area contributed by atoms with Gasteiger partial charge in [-0.1, -0.05) is 6.07 Å². The van der Waals surface area contributed by atoms with E-state index >= 15 is 0 Å². The molecule has 5 rings (SSSR count). The first-order valence-electron chi connectivity index (χ1n) is 8.94. The minimum Gasteiger partial charge on any atom is -0.382 e. The second-order valence-electron chi connectivity index (χ2n) is 6.98. The maximum absolute atomic E-state index is 11.6. The Hall–Kier alpha value is -3.42. The predicted molar refractivity (Wildman–Crippen MR) is 103 cm³/mol. The second kappa shape index (κ2) is 5.80. The lowest BCUT2D eigenvalue weighted by atomic mass is 10.1. The van der Waals surface area contributed by atoms with Crippen molar-refractivity contribution in [2.24, 2.45) is 0 Å². The van der Waals surface area contributed by atoms with Crippen LogP contribution in [0.15, 0.2) is 30.5 Å². The van der Waals surface area contributed by atoms with E-state index in [-0.39, 0.29) is 11.8 Å². The fourth-order valence-electron chi connectivity index (χ4n) is 3.83. The standard InChI is InChI=1S/C19H19N7O/c1-10(27)26-7-5-12(9-26)19-23-16-13-3-2-11(14-4-6-21-25-14)8-15(13)22-18(20)17(16)24-19/h2-4,6,8,12H,5,7,9H2,1H3,(H2,20,22)(H,21,25)(H,23,24)/t12-/m0/s1. The number of nitrogens with two attached hydrogens (primary N) is 1. The zero-order valence-electron chi connectivity index (χ0n) is 14.9. The van der Waals surface area contributed by atoms with E-state index in [1.165, 1.54) is 0 Å². The number of aromatic amines is 2. The molecule has 8 nitrogen and oxygen atoms in total. The minimum atomic E-state index is 0.103. The molecule has 27 heavy (non-hydrogen) atoms. The number of likely N-dealkylation sites (tertiary alicyclic amines) is 1. The summed E-state index contributed by atoms with van der Waals surface area (Å²) in [4.78, 5) is 26.2. The molecule has 0 saturated carbocycles. The van der Waals surface area contributed by atoms with Crippen molar-refractivity contribution >= 4 is 33.7 Å². The summed E-state index contributed by atoms with van der Waals surface area (Å²) in [5.41, 5.74) is 10.4. The van der Waals surface area contributed by atoms with Crippen LogP contribution in [0.3, 0.4) is 0 Å². The third-order valence-electron chi connectivity index (χ3n) is 5.29. The molecular formula is C19H19N7O. The van der Waals surface area contributed by atoms with Gasteiger partial charge in [0, 0.05) is 43.1 Å². The van der Waals surface area contributed by atoms with Crippen LogP contribution in [0.2, 0.25) is 0 Å². The van der Waals surface area contributed by atoms with Gasteiger partial charge in [0.25, 0.3) is 0 Å². The van der Waals surface area contributed by atoms with Gasteiger partial charge >= 0.3 is 0 Å². The van der Waals surface area contributed by atoms with Crippen molar-refractivity contribution in [3.8, 4) is 11.3 Å². The molecule has 0 bridgehead atoms. The van der Waals surface area contributed by atoms with Gasteiger partial charge in [-0.2, -0.15) is 5.10 Å². The van der Waals surface area contributed by atoms with E-state index in [9.17, 15) is 4.79 Å². The number of pyridine rings is 1. The number of aromatic nitrogens is 5. The Morgan fingerprint density at radius 3 is 2.93 bits per heavy atom. The van der Waals surface area contributed by atoms with Crippen molar-refractivity contribution in [3.05, 3.63) is 36.3 Å². The number of carbonyl (C=O) groups excluding carboxylic acids is 1. The second-order valence-corrected chi connectivity index (χ2v) is 6.98. The van der Waals surface area contributed by atoms with Gasteiger partial charge in [0.15, 0.2) is 5.82 Å². The highest BCUT2D eigenvalue weighted by molar-refractivity contribution is 6.07. The Kier molecular flexibility index (Phi) is 3.40. The molecule has 0 unspecified atom stereocenters. The number of amides is 1. The molecule has 4 aromatic rings. The number of hydrogen-bond acceptors (Lipinski definition) is 5. The highest BCUT2D eigenvalue weighted by atomic mass is 16.2. The normalized spacial score (nSPS) is 17.2. The van der Waals surface area contributed by atoms with Crippen molar-refractivity contribution in [3.63, 3.8) is 0 Å². The van der Waals surface area contributed by atoms with Gasteiger partial charge in [0.05, 0.1) is 16.7 Å². The van der Waals surface area contributed by atoms with Crippen molar-refractivity contribution < 1.29 is 4.79 Å². The summed E-state index contributed by atoms with van der Waals surface area (Å²) in [7, 11) is 0. The van der Waals surface area contributed by atoms with Crippen LogP contribution in [0.4, 0.5) is 5.82 Å². The number of H-pyrrole nitrogens is 2. The number of imidazole rings is 1. The molecule has 136 valence electrons. The fourth-order valence-corrected chi connectivity index (χ4v) is 3.83. The van der Waals surface area contributed by atoms with Crippen LogP contribution in [0, 0.1) is 0 Å². The highest BCUT2D eigenvalue weighted by Gasteiger charge is 2.28. The molecule has 1 amide bonds. The number of hydrogen-bond donors (Lipinski definition) is 3. The van der Waals surface area contributed by atoms with Gasteiger partial charge in [-0.05, 0) is 24.6 Å². The molecule has 1 aromatic carbocycles. The summed E-state index contributed by atoms with van der Waals surface area (Å²) in [6.07, 6.45) is 2.69. The molecule has 0 spiro atoms. The minimum absolute atomic E-state index is 0.103. The molecule has 1 atom stereocenters. The average Bonchev–Trinajstić information content (AvgIpc) is 3.40. The lowest BCUT2D eigenvalue weighted by molar-refractivity contribution is -0.127. The Morgan fingerprint density at radius 2 is 2.19 bits per heavy atom. The smallest absolute Gasteiger partial charge is 0.219 e. The van der Waals surface area contributed by atoms with E-state index in [1.807, 2.05) is 29.2 Å². The van der Waals surface area contributed by atoms with Crippen molar-refractivity contribution in [1.29, 1.82) is 0 Å². The fraction of sp³-hybridized carbons (Fsp3) is 0.263. The summed E-state index contributed by atoms with van der Waals surface area (Å²) < 4.78 is 0. The molecule has 1 aliphatic heterocycles. The largest absolute Gasteiger partial charge is 0.382 e. The molecular weight excluding hydrogens is 342 g/mol. The van der Waals surface area contributed by atoms with Gasteiger partial charge in [-0.3, -0.25) is 9.89 Å². The Morgan fingerprint density at radius 1 is 1.30 bits per heavy atom. The van der Waals surface area contributed by atoms with E-state index in [2.05, 4.69) is 20.2 Å². The third-order valence-corrected chi connectivity index (χ3v) is 5.29. The average molecular weight is 361 g/mol. The number of anilines is 1. The Labute approximate surface area is 154 Å². The van der Waals surface area contributed by atoms with Crippen molar-refractivity contribution in [2.45, 2.75) is 19.3 Å². The Bertz CT molecular complexity index is 1160. The lowest BCUT2D eigenvalue weighted by Crippen LogP contribution is -2.25. The van der Waals surface area contributed by atoms with Crippen LogP contribution in [-0.2, 0) is 4.79 Å². The molecule has 1 aliphatic rings. The van der Waals surface area contributed by atoms with Crippen LogP contribution >= 0.6 is 0 Å². The Balaban J connectivity index is 1.61. The third kappa shape index (κ3) is 2.52. The van der Waals surface area contributed by atoms with E-state index in [4.69, 9.17) is 10.7 Å². The van der Waals surface area contributed by atoms with Crippen LogP contribution in [-0.4, -0.2) is 49.0 Å². The molecule has 1 fully saturated rings. The molecule has 4 N–H and O–H groups in total. The summed E-state index contributed by atoms with van der Waals surface area (Å²) in [5.74, 6) is 1.57. The van der Waals surface area contributed by atoms with Crippen LogP contribution in [0.1, 0.15) is 25.1 Å². The monoisotopic (exact) mass is 361 g/mol. The molecule has 3 aromatic heterocycles. The van der Waals surface area contributed by atoms with Crippen LogP contribution in [0.25, 0.3) is 33.2 Å². The van der Waals surface area contributed by atoms with Gasteiger partial charge in [-0.25, -0.2) is 9.97 Å². The number of nitrogens with zero attached hydrogens (tertiary/aromatic N) is 4. The number of benzene rings is 1. The maximum Gasteiger partial charge on any atom is 0.219 e. The van der Waals surface area contributed by atoms with Gasteiger partial charge in [0.2, 0.25) is 5.91 Å². The van der Waals surface area contributed by atoms with Crippen molar-refractivity contribution in [2.75, 3.05) is 18.8 Å². The number of nitrogens with one attached hydrogen (secondary N) is 2. The lowest BCUT2D eigenvalue weighted by Gasteiger charge is -2.12. The highest BCUT2D eigenvalue weighted by Crippen LogP contribution is 2.32. The quantitative estimate of drug-likeness (QED) is 0.507. The zero-order valence-corrected chi connectivity index (χ0v) is 14.9. The SMILES string of the molecule is CC(=O)N1CC[C@H](c2nc3c(N)nc4cc(-c5cc[nH]n5)ccc4c3[nH]2)C1. The van der Waals surface area contributed by atoms with Crippen LogP contribution in [0.5, 0.6) is 0 Å². The summed E-state index contributed by atoms with van der Waals surface area (Å²) >= 11 is 0. The zero-order chi connectivity index (χ0) is 18.5. The molecule has 0 radical (unpaired) electrons. The summed E-state index contributed by atoms with van der Waals surface area (Å²) in [6, 6.07) is 7.93. The number of nitrogen functional groups attached to an aromatic ring is 1. The first-order chi connectivity index (χ1) is 13.1. The number of carbonyl (C=O) groups is 1. The molecule has 1 saturated heterocycles. The van der Waals surface area contributed by atoms with Crippen molar-refractivity contribution in [1.82, 2.24) is 30.0 Å². The molecule has 4 heterocycles.